The number of nitrogens with zero attached hydrogens (tertiary/aromatic N) is 3. The quantitative estimate of drug-likeness (QED) is 0.598. The van der Waals surface area contributed by atoms with Crippen molar-refractivity contribution in [3.05, 3.63) is 53.2 Å². The number of aliphatic carboxylic acids is 1. The Balaban J connectivity index is 1.91. The van der Waals surface area contributed by atoms with Crippen molar-refractivity contribution in [3.63, 3.8) is 0 Å². The molecule has 0 bridgehead atoms. The van der Waals surface area contributed by atoms with Crippen LogP contribution in [0.4, 0.5) is 19.0 Å². The standard InChI is InChI=1S/C21H22F3N3O6S/c1-13-3-5-16(9-14(13)10-19(28)29)34(31,32)27-8-7-26(12-17(27)20(30)33-2)18-6-4-15(11-25-18)21(22,23)24/h3-6,9,11,17H,7-8,10,12H2,1-2H3,(H,28,29)/t17-/m0/s1. The van der Waals surface area contributed by atoms with Crippen LogP contribution in [0.5, 0.6) is 0 Å². The molecular formula is C21H22F3N3O6S. The summed E-state index contributed by atoms with van der Waals surface area (Å²) in [7, 11) is -3.13. The number of alkyl halides is 3. The molecule has 0 amide bonds. The van der Waals surface area contributed by atoms with Crippen molar-refractivity contribution in [2.24, 2.45) is 0 Å². The lowest BCUT2D eigenvalue weighted by Crippen LogP contribution is -2.58. The molecule has 0 unspecified atom stereocenters. The molecule has 0 saturated carbocycles. The molecule has 0 spiro atoms. The summed E-state index contributed by atoms with van der Waals surface area (Å²) in [6.45, 7) is 1.34. The zero-order valence-corrected chi connectivity index (χ0v) is 19.1. The summed E-state index contributed by atoms with van der Waals surface area (Å²) in [5.41, 5.74) is -0.0154. The van der Waals surface area contributed by atoms with Gasteiger partial charge in [0, 0.05) is 25.8 Å². The highest BCUT2D eigenvalue weighted by atomic mass is 32.2. The minimum Gasteiger partial charge on any atom is -0.481 e. The van der Waals surface area contributed by atoms with Gasteiger partial charge in [-0.05, 0) is 42.3 Å². The monoisotopic (exact) mass is 501 g/mol. The second kappa shape index (κ2) is 9.58. The van der Waals surface area contributed by atoms with E-state index in [0.29, 0.717) is 17.3 Å². The van der Waals surface area contributed by atoms with E-state index in [0.717, 1.165) is 23.5 Å². The molecule has 1 N–H and O–H groups in total. The van der Waals surface area contributed by atoms with Crippen LogP contribution in [0.1, 0.15) is 16.7 Å². The summed E-state index contributed by atoms with van der Waals surface area (Å²) in [6.07, 6.45) is -4.26. The summed E-state index contributed by atoms with van der Waals surface area (Å²) >= 11 is 0. The van der Waals surface area contributed by atoms with Gasteiger partial charge in [-0.2, -0.15) is 17.5 Å². The van der Waals surface area contributed by atoms with Crippen molar-refractivity contribution in [2.45, 2.75) is 30.5 Å². The first-order valence-corrected chi connectivity index (χ1v) is 11.5. The Hall–Kier alpha value is -3.19. The van der Waals surface area contributed by atoms with Gasteiger partial charge in [0.2, 0.25) is 10.0 Å². The third-order valence-corrected chi connectivity index (χ3v) is 7.38. The Labute approximate surface area is 193 Å². The molecule has 2 aromatic rings. The van der Waals surface area contributed by atoms with Gasteiger partial charge in [-0.25, -0.2) is 13.4 Å². The first kappa shape index (κ1) is 25.4. The lowest BCUT2D eigenvalue weighted by molar-refractivity contribution is -0.145. The maximum absolute atomic E-state index is 13.4. The summed E-state index contributed by atoms with van der Waals surface area (Å²) in [6, 6.07) is 4.79. The number of methoxy groups -OCH3 is 1. The summed E-state index contributed by atoms with van der Waals surface area (Å²) < 4.78 is 70.9. The number of rotatable bonds is 6. The molecule has 1 saturated heterocycles. The number of aromatic nitrogens is 1. The minimum atomic E-state index is -4.56. The molecule has 34 heavy (non-hydrogen) atoms. The number of anilines is 1. The summed E-state index contributed by atoms with van der Waals surface area (Å²) in [5, 5.41) is 9.08. The molecule has 3 rings (SSSR count). The van der Waals surface area contributed by atoms with E-state index in [4.69, 9.17) is 9.84 Å². The van der Waals surface area contributed by atoms with Crippen molar-refractivity contribution in [3.8, 4) is 0 Å². The van der Waals surface area contributed by atoms with Crippen molar-refractivity contribution in [1.29, 1.82) is 0 Å². The second-order valence-electron chi connectivity index (χ2n) is 7.66. The number of carboxylic acids is 1. The van der Waals surface area contributed by atoms with E-state index in [2.05, 4.69) is 4.98 Å². The first-order chi connectivity index (χ1) is 15.8. The van der Waals surface area contributed by atoms with Crippen LogP contribution in [-0.4, -0.2) is 67.5 Å². The van der Waals surface area contributed by atoms with Gasteiger partial charge < -0.3 is 14.7 Å². The van der Waals surface area contributed by atoms with Crippen LogP contribution >= 0.6 is 0 Å². The first-order valence-electron chi connectivity index (χ1n) is 10.0. The Bertz CT molecular complexity index is 1190. The molecule has 1 aromatic heterocycles. The van der Waals surface area contributed by atoms with Crippen LogP contribution in [0.15, 0.2) is 41.4 Å². The zero-order chi connectivity index (χ0) is 25.3. The number of esters is 1. The SMILES string of the molecule is COC(=O)[C@@H]1CN(c2ccc(C(F)(F)F)cn2)CCN1S(=O)(=O)c1ccc(C)c(CC(=O)O)c1. The van der Waals surface area contributed by atoms with Gasteiger partial charge in [0.05, 0.1) is 24.0 Å². The molecule has 1 aliphatic rings. The number of hydrogen-bond acceptors (Lipinski definition) is 7. The normalized spacial score (nSPS) is 17.4. The van der Waals surface area contributed by atoms with Crippen molar-refractivity contribution >= 4 is 27.8 Å². The molecule has 9 nitrogen and oxygen atoms in total. The molecule has 1 aromatic carbocycles. The van der Waals surface area contributed by atoms with Crippen LogP contribution in [0.2, 0.25) is 0 Å². The molecule has 2 heterocycles. The fourth-order valence-corrected chi connectivity index (χ4v) is 5.24. The maximum Gasteiger partial charge on any atom is 0.417 e. The predicted octanol–water partition coefficient (Wildman–Crippen LogP) is 2.09. The molecule has 1 fully saturated rings. The van der Waals surface area contributed by atoms with Crippen LogP contribution < -0.4 is 4.90 Å². The Kier molecular flexibility index (Phi) is 7.17. The number of hydrogen-bond donors (Lipinski definition) is 1. The van der Waals surface area contributed by atoms with E-state index >= 15 is 0 Å². The number of sulfonamides is 1. The Morgan fingerprint density at radius 3 is 2.47 bits per heavy atom. The number of pyridine rings is 1. The number of aryl methyl sites for hydroxylation is 1. The van der Waals surface area contributed by atoms with Gasteiger partial charge >= 0.3 is 18.1 Å². The van der Waals surface area contributed by atoms with Gasteiger partial charge in [-0.3, -0.25) is 9.59 Å². The highest BCUT2D eigenvalue weighted by Crippen LogP contribution is 2.30. The van der Waals surface area contributed by atoms with E-state index in [1.165, 1.54) is 23.1 Å². The molecule has 1 atom stereocenters. The third-order valence-electron chi connectivity index (χ3n) is 5.47. The number of carboxylic acid groups (broad SMARTS) is 1. The van der Waals surface area contributed by atoms with E-state index in [-0.39, 0.29) is 36.8 Å². The average molecular weight is 501 g/mol. The smallest absolute Gasteiger partial charge is 0.417 e. The number of carbonyl (C=O) groups is 2. The minimum absolute atomic E-state index is 0.0545. The van der Waals surface area contributed by atoms with Gasteiger partial charge in [0.1, 0.15) is 11.9 Å². The third kappa shape index (κ3) is 5.30. The number of piperazine rings is 1. The summed E-state index contributed by atoms with van der Waals surface area (Å²) in [4.78, 5) is 28.7. The Morgan fingerprint density at radius 1 is 1.21 bits per heavy atom. The van der Waals surface area contributed by atoms with Gasteiger partial charge in [0.15, 0.2) is 0 Å². The zero-order valence-electron chi connectivity index (χ0n) is 18.2. The summed E-state index contributed by atoms with van der Waals surface area (Å²) in [5.74, 6) is -1.82. The molecule has 0 radical (unpaired) electrons. The molecule has 1 aliphatic heterocycles. The van der Waals surface area contributed by atoms with Gasteiger partial charge in [-0.1, -0.05) is 6.07 Å². The fraction of sp³-hybridized carbons (Fsp3) is 0.381. The number of benzene rings is 1. The maximum atomic E-state index is 13.4. The van der Waals surface area contributed by atoms with Crippen molar-refractivity contribution in [2.75, 3.05) is 31.6 Å². The van der Waals surface area contributed by atoms with Gasteiger partial charge in [-0.15, -0.1) is 0 Å². The predicted molar refractivity (Wildman–Crippen MR) is 114 cm³/mol. The molecule has 0 aliphatic carbocycles. The number of halogens is 3. The van der Waals surface area contributed by atoms with Crippen LogP contribution in [0.25, 0.3) is 0 Å². The number of carbonyl (C=O) groups excluding carboxylic acids is 1. The highest BCUT2D eigenvalue weighted by Gasteiger charge is 2.41. The average Bonchev–Trinajstić information content (AvgIpc) is 2.78. The van der Waals surface area contributed by atoms with Crippen molar-refractivity contribution in [1.82, 2.24) is 9.29 Å². The highest BCUT2D eigenvalue weighted by molar-refractivity contribution is 7.89. The van der Waals surface area contributed by atoms with Gasteiger partial charge in [0.25, 0.3) is 0 Å². The van der Waals surface area contributed by atoms with E-state index < -0.39 is 39.7 Å². The van der Waals surface area contributed by atoms with E-state index in [1.54, 1.807) is 6.92 Å². The Morgan fingerprint density at radius 2 is 1.91 bits per heavy atom. The van der Waals surface area contributed by atoms with Crippen molar-refractivity contribution < 1.29 is 41.0 Å². The van der Waals surface area contributed by atoms with Crippen LogP contribution in [0, 0.1) is 6.92 Å². The fourth-order valence-electron chi connectivity index (χ4n) is 3.63. The lowest BCUT2D eigenvalue weighted by Gasteiger charge is -2.39. The van der Waals surface area contributed by atoms with Crippen LogP contribution in [0.3, 0.4) is 0 Å². The second-order valence-corrected chi connectivity index (χ2v) is 9.55. The largest absolute Gasteiger partial charge is 0.481 e. The van der Waals surface area contributed by atoms with E-state index in [1.807, 2.05) is 0 Å². The lowest BCUT2D eigenvalue weighted by atomic mass is 10.1. The topological polar surface area (TPSA) is 117 Å². The number of ether oxygens (including phenoxy) is 1. The molecule has 184 valence electrons. The van der Waals surface area contributed by atoms with E-state index in [9.17, 15) is 31.2 Å². The molecular weight excluding hydrogens is 479 g/mol. The van der Waals surface area contributed by atoms with Crippen LogP contribution in [-0.2, 0) is 36.9 Å². The molecule has 13 heteroatoms.